The largest absolute Gasteiger partial charge is 0.444 e. The molecule has 0 aromatic rings. The summed E-state index contributed by atoms with van der Waals surface area (Å²) >= 11 is 0. The zero-order valence-electron chi connectivity index (χ0n) is 13.3. The van der Waals surface area contributed by atoms with E-state index < -0.39 is 5.60 Å². The lowest BCUT2D eigenvalue weighted by atomic mass is 10.1. The molecule has 0 saturated carbocycles. The third-order valence-corrected chi connectivity index (χ3v) is 2.77. The molecule has 0 rings (SSSR count). The second-order valence-electron chi connectivity index (χ2n) is 6.10. The number of nitrogens with two attached hydrogens (primary N) is 1. The quantitative estimate of drug-likeness (QED) is 0.744. The van der Waals surface area contributed by atoms with Crippen LogP contribution in [-0.4, -0.2) is 48.3 Å². The summed E-state index contributed by atoms with van der Waals surface area (Å²) in [6.45, 7) is 14.0. The molecule has 0 radical (unpaired) electrons. The summed E-state index contributed by atoms with van der Waals surface area (Å²) in [7, 11) is 0. The molecular formula is C14H31N3O2. The molecule has 1 atom stereocenters. The van der Waals surface area contributed by atoms with Gasteiger partial charge in [0, 0.05) is 25.2 Å². The molecule has 0 aliphatic carbocycles. The Balaban J connectivity index is 4.35. The number of alkyl carbamates (subject to hydrolysis) is 1. The molecule has 0 saturated heterocycles. The van der Waals surface area contributed by atoms with Crippen molar-refractivity contribution < 1.29 is 9.53 Å². The Bertz CT molecular complexity index is 262. The van der Waals surface area contributed by atoms with E-state index in [4.69, 9.17) is 10.5 Å². The SMILES string of the molecule is CCCN(C(C)C)C(CN)CNC(=O)OC(C)(C)C. The van der Waals surface area contributed by atoms with Crippen LogP contribution in [0.4, 0.5) is 4.79 Å². The number of carbonyl (C=O) groups is 1. The highest BCUT2D eigenvalue weighted by atomic mass is 16.6. The zero-order valence-corrected chi connectivity index (χ0v) is 13.3. The fourth-order valence-corrected chi connectivity index (χ4v) is 1.97. The minimum absolute atomic E-state index is 0.146. The van der Waals surface area contributed by atoms with Crippen LogP contribution in [0, 0.1) is 0 Å². The van der Waals surface area contributed by atoms with E-state index in [9.17, 15) is 4.79 Å². The van der Waals surface area contributed by atoms with E-state index in [1.807, 2.05) is 20.8 Å². The minimum Gasteiger partial charge on any atom is -0.444 e. The van der Waals surface area contributed by atoms with Gasteiger partial charge in [-0.25, -0.2) is 4.79 Å². The van der Waals surface area contributed by atoms with Gasteiger partial charge in [0.15, 0.2) is 0 Å². The first-order valence-electron chi connectivity index (χ1n) is 7.14. The first-order chi connectivity index (χ1) is 8.71. The number of ether oxygens (including phenoxy) is 1. The van der Waals surface area contributed by atoms with Crippen LogP contribution in [0.1, 0.15) is 48.0 Å². The average molecular weight is 273 g/mol. The predicted octanol–water partition coefficient (Wildman–Crippen LogP) is 1.96. The Hall–Kier alpha value is -0.810. The molecule has 0 aromatic carbocycles. The topological polar surface area (TPSA) is 67.6 Å². The van der Waals surface area contributed by atoms with Gasteiger partial charge in [0.05, 0.1) is 0 Å². The molecule has 19 heavy (non-hydrogen) atoms. The lowest BCUT2D eigenvalue weighted by Crippen LogP contribution is -2.51. The first kappa shape index (κ1) is 18.2. The van der Waals surface area contributed by atoms with Gasteiger partial charge in [0.2, 0.25) is 0 Å². The molecule has 0 fully saturated rings. The van der Waals surface area contributed by atoms with Crippen LogP contribution >= 0.6 is 0 Å². The number of hydrogen-bond acceptors (Lipinski definition) is 4. The zero-order chi connectivity index (χ0) is 15.1. The van der Waals surface area contributed by atoms with Crippen molar-refractivity contribution >= 4 is 6.09 Å². The summed E-state index contributed by atoms with van der Waals surface area (Å²) in [6, 6.07) is 0.557. The molecule has 0 heterocycles. The molecule has 5 nitrogen and oxygen atoms in total. The molecule has 1 unspecified atom stereocenters. The van der Waals surface area contributed by atoms with Gasteiger partial charge in [-0.05, 0) is 47.6 Å². The van der Waals surface area contributed by atoms with Gasteiger partial charge in [0.25, 0.3) is 0 Å². The van der Waals surface area contributed by atoms with Crippen molar-refractivity contribution in [1.82, 2.24) is 10.2 Å². The van der Waals surface area contributed by atoms with Crippen LogP contribution in [0.25, 0.3) is 0 Å². The average Bonchev–Trinajstić information content (AvgIpc) is 2.25. The molecular weight excluding hydrogens is 242 g/mol. The van der Waals surface area contributed by atoms with E-state index in [1.54, 1.807) is 0 Å². The second-order valence-corrected chi connectivity index (χ2v) is 6.10. The third kappa shape index (κ3) is 8.06. The van der Waals surface area contributed by atoms with Crippen LogP contribution in [0.15, 0.2) is 0 Å². The predicted molar refractivity (Wildman–Crippen MR) is 79.2 cm³/mol. The molecule has 1 amide bonds. The van der Waals surface area contributed by atoms with Crippen LogP contribution in [-0.2, 0) is 4.74 Å². The number of nitrogens with one attached hydrogen (secondary N) is 1. The van der Waals surface area contributed by atoms with Crippen molar-refractivity contribution in [2.45, 2.75) is 65.6 Å². The van der Waals surface area contributed by atoms with Gasteiger partial charge in [-0.1, -0.05) is 6.92 Å². The van der Waals surface area contributed by atoms with Crippen LogP contribution in [0.2, 0.25) is 0 Å². The molecule has 114 valence electrons. The molecule has 3 N–H and O–H groups in total. The van der Waals surface area contributed by atoms with E-state index in [0.717, 1.165) is 13.0 Å². The fraction of sp³-hybridized carbons (Fsp3) is 0.929. The van der Waals surface area contributed by atoms with Gasteiger partial charge in [-0.15, -0.1) is 0 Å². The van der Waals surface area contributed by atoms with Crippen LogP contribution in [0.3, 0.4) is 0 Å². The molecule has 0 bridgehead atoms. The Morgan fingerprint density at radius 1 is 1.37 bits per heavy atom. The maximum absolute atomic E-state index is 11.6. The molecule has 5 heteroatoms. The molecule has 0 aliphatic heterocycles. The van der Waals surface area contributed by atoms with E-state index in [1.165, 1.54) is 0 Å². The summed E-state index contributed by atoms with van der Waals surface area (Å²) in [4.78, 5) is 14.0. The number of carbonyl (C=O) groups excluding carboxylic acids is 1. The summed E-state index contributed by atoms with van der Waals surface area (Å²) in [6.07, 6.45) is 0.687. The number of rotatable bonds is 7. The van der Waals surface area contributed by atoms with Gasteiger partial charge in [-0.2, -0.15) is 0 Å². The van der Waals surface area contributed by atoms with E-state index in [0.29, 0.717) is 19.1 Å². The summed E-state index contributed by atoms with van der Waals surface area (Å²) in [5.41, 5.74) is 5.35. The highest BCUT2D eigenvalue weighted by Gasteiger charge is 2.21. The Labute approximate surface area is 117 Å². The summed E-state index contributed by atoms with van der Waals surface area (Å²) < 4.78 is 5.22. The fourth-order valence-electron chi connectivity index (χ4n) is 1.97. The maximum atomic E-state index is 11.6. The standard InChI is InChI=1S/C14H31N3O2/c1-7-8-17(11(2)3)12(9-15)10-16-13(18)19-14(4,5)6/h11-12H,7-10,15H2,1-6H3,(H,16,18). The Kier molecular flexibility index (Phi) is 8.02. The Morgan fingerprint density at radius 2 is 1.95 bits per heavy atom. The number of nitrogens with zero attached hydrogens (tertiary/aromatic N) is 1. The van der Waals surface area contributed by atoms with Crippen molar-refractivity contribution in [2.75, 3.05) is 19.6 Å². The van der Waals surface area contributed by atoms with Crippen molar-refractivity contribution in [3.8, 4) is 0 Å². The van der Waals surface area contributed by atoms with Gasteiger partial charge < -0.3 is 15.8 Å². The van der Waals surface area contributed by atoms with Crippen molar-refractivity contribution in [2.24, 2.45) is 5.73 Å². The number of hydrogen-bond donors (Lipinski definition) is 2. The lowest BCUT2D eigenvalue weighted by molar-refractivity contribution is 0.0500. The van der Waals surface area contributed by atoms with E-state index in [-0.39, 0.29) is 12.1 Å². The minimum atomic E-state index is -0.469. The molecule has 0 spiro atoms. The Morgan fingerprint density at radius 3 is 2.32 bits per heavy atom. The summed E-state index contributed by atoms with van der Waals surface area (Å²) in [5.74, 6) is 0. The first-order valence-corrected chi connectivity index (χ1v) is 7.14. The van der Waals surface area contributed by atoms with Gasteiger partial charge >= 0.3 is 6.09 Å². The van der Waals surface area contributed by atoms with Crippen molar-refractivity contribution in [1.29, 1.82) is 0 Å². The van der Waals surface area contributed by atoms with Crippen molar-refractivity contribution in [3.05, 3.63) is 0 Å². The highest BCUT2D eigenvalue weighted by molar-refractivity contribution is 5.67. The molecule has 0 aromatic heterocycles. The third-order valence-electron chi connectivity index (χ3n) is 2.77. The van der Waals surface area contributed by atoms with Crippen molar-refractivity contribution in [3.63, 3.8) is 0 Å². The van der Waals surface area contributed by atoms with E-state index >= 15 is 0 Å². The van der Waals surface area contributed by atoms with Crippen LogP contribution in [0.5, 0.6) is 0 Å². The summed E-state index contributed by atoms with van der Waals surface area (Å²) in [5, 5.41) is 2.80. The lowest BCUT2D eigenvalue weighted by Gasteiger charge is -2.34. The molecule has 0 aliphatic rings. The van der Waals surface area contributed by atoms with Gasteiger partial charge in [-0.3, -0.25) is 4.90 Å². The second kappa shape index (κ2) is 8.38. The van der Waals surface area contributed by atoms with Gasteiger partial charge in [0.1, 0.15) is 5.60 Å². The smallest absolute Gasteiger partial charge is 0.407 e. The van der Waals surface area contributed by atoms with E-state index in [2.05, 4.69) is 31.0 Å². The number of amides is 1. The maximum Gasteiger partial charge on any atom is 0.407 e. The monoisotopic (exact) mass is 273 g/mol. The highest BCUT2D eigenvalue weighted by Crippen LogP contribution is 2.08. The van der Waals surface area contributed by atoms with Crippen LogP contribution < -0.4 is 11.1 Å². The normalized spacial score (nSPS) is 13.7.